The molecule has 0 rings (SSSR count). The Balaban J connectivity index is 3.48. The Morgan fingerprint density at radius 3 is 1.09 bits per heavy atom. The molecule has 0 spiro atoms. The molecule has 0 saturated carbocycles. The monoisotopic (exact) mass is 946 g/mol. The number of allylic oxidation sites excluding steroid dienone is 2. The van der Waals surface area contributed by atoms with Gasteiger partial charge in [-0.05, 0) is 44.9 Å². The quantitative estimate of drug-likeness (QED) is 0.0321. The molecule has 2 atom stereocenters. The van der Waals surface area contributed by atoms with Crippen LogP contribution in [0.3, 0.4) is 0 Å². The third-order valence-electron chi connectivity index (χ3n) is 14.3. The number of hydrogen-bond acceptors (Lipinski definition) is 5. The predicted octanol–water partition coefficient (Wildman–Crippen LogP) is 18.9. The summed E-state index contributed by atoms with van der Waals surface area (Å²) in [5.74, 6) is -0.121. The molecule has 0 aromatic carbocycles. The average Bonchev–Trinajstić information content (AvgIpc) is 3.33. The van der Waals surface area contributed by atoms with E-state index in [1.807, 2.05) is 0 Å². The average molecular weight is 947 g/mol. The zero-order valence-electron chi connectivity index (χ0n) is 45.4. The van der Waals surface area contributed by atoms with Gasteiger partial charge in [-0.15, -0.1) is 0 Å². The molecule has 0 bridgehead atoms. The lowest BCUT2D eigenvalue weighted by Gasteiger charge is -2.22. The Hall–Kier alpha value is -1.40. The van der Waals surface area contributed by atoms with E-state index in [0.29, 0.717) is 25.9 Å². The highest BCUT2D eigenvalue weighted by atomic mass is 16.5. The Bertz CT molecular complexity index is 1000. The van der Waals surface area contributed by atoms with Crippen LogP contribution in [0.5, 0.6) is 0 Å². The molecule has 0 radical (unpaired) electrons. The minimum Gasteiger partial charge on any atom is -0.466 e. The fraction of sp³-hybridized carbons (Fsp3) is 0.934. The number of carbonyl (C=O) groups excluding carboxylic acids is 2. The molecule has 1 amide bonds. The number of unbranched alkanes of at least 4 members (excludes halogenated alkanes) is 44. The van der Waals surface area contributed by atoms with Crippen molar-refractivity contribution in [3.63, 3.8) is 0 Å². The molecule has 0 aliphatic carbocycles. The van der Waals surface area contributed by atoms with Gasteiger partial charge in [-0.3, -0.25) is 9.59 Å². The maximum absolute atomic E-state index is 12.5. The van der Waals surface area contributed by atoms with Gasteiger partial charge in [-0.25, -0.2) is 0 Å². The summed E-state index contributed by atoms with van der Waals surface area (Å²) >= 11 is 0. The molecule has 0 saturated heterocycles. The smallest absolute Gasteiger partial charge is 0.305 e. The highest BCUT2D eigenvalue weighted by molar-refractivity contribution is 5.76. The first-order chi connectivity index (χ1) is 33.0. The summed E-state index contributed by atoms with van der Waals surface area (Å²) in [6.07, 6.45) is 67.9. The maximum atomic E-state index is 12.5. The second kappa shape index (κ2) is 57.2. The summed E-state index contributed by atoms with van der Waals surface area (Å²) in [6, 6.07) is -0.579. The highest BCUT2D eigenvalue weighted by Crippen LogP contribution is 2.18. The predicted molar refractivity (Wildman–Crippen MR) is 292 cm³/mol. The van der Waals surface area contributed by atoms with Gasteiger partial charge < -0.3 is 20.3 Å². The second-order valence-electron chi connectivity index (χ2n) is 21.0. The van der Waals surface area contributed by atoms with Gasteiger partial charge in [0.25, 0.3) is 0 Å². The Labute approximate surface area is 419 Å². The first-order valence-corrected chi connectivity index (χ1v) is 30.4. The van der Waals surface area contributed by atoms with Crippen molar-refractivity contribution in [3.8, 4) is 0 Å². The van der Waals surface area contributed by atoms with E-state index in [1.165, 1.54) is 238 Å². The number of esters is 1. The number of ether oxygens (including phenoxy) is 1. The van der Waals surface area contributed by atoms with E-state index in [-0.39, 0.29) is 18.5 Å². The van der Waals surface area contributed by atoms with Crippen molar-refractivity contribution >= 4 is 11.9 Å². The summed E-state index contributed by atoms with van der Waals surface area (Å²) in [7, 11) is 0. The van der Waals surface area contributed by atoms with Gasteiger partial charge in [0.1, 0.15) is 0 Å². The number of rotatable bonds is 57. The molecular weight excluding hydrogens is 827 g/mol. The first-order valence-electron chi connectivity index (χ1n) is 30.4. The Kier molecular flexibility index (Phi) is 56.0. The van der Waals surface area contributed by atoms with Crippen molar-refractivity contribution in [1.29, 1.82) is 0 Å². The molecule has 0 aliphatic heterocycles. The number of aliphatic hydroxyl groups is 2. The van der Waals surface area contributed by atoms with Crippen molar-refractivity contribution in [2.24, 2.45) is 0 Å². The van der Waals surface area contributed by atoms with Gasteiger partial charge in [0.15, 0.2) is 0 Å². The SMILES string of the molecule is CCCCCCCCCCCCCCCCCCCCCCCCCC(O)C(CO)NC(=O)CCC/C=C\CCCCCCOC(=O)CCCCCCCCCCCCCCCCCCCC. The topological polar surface area (TPSA) is 95.9 Å². The molecule has 0 heterocycles. The molecular formula is C61H119NO5. The summed E-state index contributed by atoms with van der Waals surface area (Å²) in [6.45, 7) is 4.90. The van der Waals surface area contributed by atoms with E-state index in [0.717, 1.165) is 70.6 Å². The summed E-state index contributed by atoms with van der Waals surface area (Å²) < 4.78 is 5.46. The normalized spacial score (nSPS) is 12.6. The van der Waals surface area contributed by atoms with Crippen LogP contribution in [-0.2, 0) is 14.3 Å². The highest BCUT2D eigenvalue weighted by Gasteiger charge is 2.20. The summed E-state index contributed by atoms with van der Waals surface area (Å²) in [4.78, 5) is 24.6. The fourth-order valence-corrected chi connectivity index (χ4v) is 9.65. The number of nitrogens with one attached hydrogen (secondary N) is 1. The molecule has 6 heteroatoms. The Morgan fingerprint density at radius 2 is 0.716 bits per heavy atom. The lowest BCUT2D eigenvalue weighted by atomic mass is 10.0. The third-order valence-corrected chi connectivity index (χ3v) is 14.3. The number of aliphatic hydroxyl groups excluding tert-OH is 2. The van der Waals surface area contributed by atoms with Crippen LogP contribution in [0.1, 0.15) is 341 Å². The van der Waals surface area contributed by atoms with E-state index in [9.17, 15) is 19.8 Å². The zero-order valence-corrected chi connectivity index (χ0v) is 45.4. The summed E-state index contributed by atoms with van der Waals surface area (Å²) in [5.41, 5.74) is 0. The molecule has 0 aromatic rings. The van der Waals surface area contributed by atoms with Gasteiger partial charge in [0.2, 0.25) is 5.91 Å². The largest absolute Gasteiger partial charge is 0.466 e. The molecule has 67 heavy (non-hydrogen) atoms. The van der Waals surface area contributed by atoms with Gasteiger partial charge in [0.05, 0.1) is 25.4 Å². The van der Waals surface area contributed by atoms with Gasteiger partial charge in [0, 0.05) is 12.8 Å². The number of amides is 1. The van der Waals surface area contributed by atoms with Gasteiger partial charge in [-0.2, -0.15) is 0 Å². The molecule has 398 valence electrons. The third kappa shape index (κ3) is 53.8. The van der Waals surface area contributed by atoms with Crippen LogP contribution in [0.4, 0.5) is 0 Å². The van der Waals surface area contributed by atoms with Gasteiger partial charge in [-0.1, -0.05) is 296 Å². The van der Waals surface area contributed by atoms with Crippen molar-refractivity contribution < 1.29 is 24.5 Å². The van der Waals surface area contributed by atoms with E-state index < -0.39 is 12.1 Å². The molecule has 0 fully saturated rings. The van der Waals surface area contributed by atoms with Crippen molar-refractivity contribution in [2.45, 2.75) is 353 Å². The minimum atomic E-state index is -0.695. The summed E-state index contributed by atoms with van der Waals surface area (Å²) in [5, 5.41) is 23.3. The molecule has 0 aromatic heterocycles. The minimum absolute atomic E-state index is 0.0299. The Morgan fingerprint density at radius 1 is 0.403 bits per heavy atom. The van der Waals surface area contributed by atoms with Crippen molar-refractivity contribution in [3.05, 3.63) is 12.2 Å². The van der Waals surface area contributed by atoms with Gasteiger partial charge >= 0.3 is 5.97 Å². The number of hydrogen-bond donors (Lipinski definition) is 3. The van der Waals surface area contributed by atoms with Crippen LogP contribution < -0.4 is 5.32 Å². The van der Waals surface area contributed by atoms with Crippen molar-refractivity contribution in [2.75, 3.05) is 13.2 Å². The zero-order chi connectivity index (χ0) is 48.6. The second-order valence-corrected chi connectivity index (χ2v) is 21.0. The van der Waals surface area contributed by atoms with Crippen LogP contribution in [-0.4, -0.2) is 47.4 Å². The van der Waals surface area contributed by atoms with Crippen LogP contribution in [0.2, 0.25) is 0 Å². The molecule has 6 nitrogen and oxygen atoms in total. The fourth-order valence-electron chi connectivity index (χ4n) is 9.65. The van der Waals surface area contributed by atoms with Crippen LogP contribution in [0.15, 0.2) is 12.2 Å². The lowest BCUT2D eigenvalue weighted by molar-refractivity contribution is -0.143. The molecule has 0 aliphatic rings. The van der Waals surface area contributed by atoms with Crippen LogP contribution in [0, 0.1) is 0 Å². The van der Waals surface area contributed by atoms with E-state index >= 15 is 0 Å². The standard InChI is InChI=1S/C61H119NO5/c1-3-5-7-9-11-13-15-17-19-21-23-24-25-26-27-28-30-32-34-37-41-45-49-53-59(64)58(57-63)62-60(65)54-50-46-42-38-36-40-44-48-52-56-67-61(66)55-51-47-43-39-35-33-31-29-22-20-18-16-14-12-10-8-6-4-2/h38,42,58-59,63-64H,3-37,39-41,43-57H2,1-2H3,(H,62,65)/b42-38-. The maximum Gasteiger partial charge on any atom is 0.305 e. The first kappa shape index (κ1) is 65.6. The van der Waals surface area contributed by atoms with E-state index in [2.05, 4.69) is 31.3 Å². The van der Waals surface area contributed by atoms with Crippen LogP contribution >= 0.6 is 0 Å². The number of carbonyl (C=O) groups is 2. The lowest BCUT2D eigenvalue weighted by Crippen LogP contribution is -2.45. The van der Waals surface area contributed by atoms with E-state index in [4.69, 9.17) is 4.74 Å². The van der Waals surface area contributed by atoms with E-state index in [1.54, 1.807) is 0 Å². The molecule has 2 unspecified atom stereocenters. The molecule has 3 N–H and O–H groups in total. The van der Waals surface area contributed by atoms with Crippen LogP contribution in [0.25, 0.3) is 0 Å². The van der Waals surface area contributed by atoms with Crippen molar-refractivity contribution in [1.82, 2.24) is 5.32 Å².